The van der Waals surface area contributed by atoms with Gasteiger partial charge in [0.2, 0.25) is 0 Å². The Morgan fingerprint density at radius 1 is 1.45 bits per heavy atom. The average molecular weight is 323 g/mol. The van der Waals surface area contributed by atoms with Gasteiger partial charge in [0, 0.05) is 23.1 Å². The maximum Gasteiger partial charge on any atom is 0.327 e. The van der Waals surface area contributed by atoms with Gasteiger partial charge < -0.3 is 14.8 Å². The Hall–Kier alpha value is -1.72. The van der Waals surface area contributed by atoms with Crippen LogP contribution in [0.15, 0.2) is 18.2 Å². The molecule has 1 aromatic carbocycles. The first-order chi connectivity index (χ1) is 10.2. The number of methoxy groups -OCH3 is 1. The number of ether oxygens (including phenoxy) is 1. The van der Waals surface area contributed by atoms with Crippen LogP contribution in [-0.4, -0.2) is 41.2 Å². The van der Waals surface area contributed by atoms with E-state index in [0.717, 1.165) is 48.3 Å². The van der Waals surface area contributed by atoms with Crippen LogP contribution < -0.4 is 4.74 Å². The van der Waals surface area contributed by atoms with E-state index in [9.17, 15) is 9.90 Å². The standard InChI is InChI=1S/C16H18N2O3.ClH/c1-21-10-4-5-12-11(7-10)13-9-3-2-6-18(8-9)15(16(19)20)14(13)17-12;/h4-5,7,9,15,17H,2-3,6,8H2,1H3,(H,19,20);1H. The molecule has 4 rings (SSSR count). The van der Waals surface area contributed by atoms with Gasteiger partial charge in [-0.15, -0.1) is 12.4 Å². The number of benzene rings is 1. The lowest BCUT2D eigenvalue weighted by atomic mass is 9.82. The number of rotatable bonds is 2. The summed E-state index contributed by atoms with van der Waals surface area (Å²) in [5.41, 5.74) is 3.05. The Kier molecular flexibility index (Phi) is 3.78. The third kappa shape index (κ3) is 2.08. The first-order valence-corrected chi connectivity index (χ1v) is 7.35. The van der Waals surface area contributed by atoms with Gasteiger partial charge in [-0.05, 0) is 49.1 Å². The zero-order chi connectivity index (χ0) is 14.6. The number of halogens is 1. The topological polar surface area (TPSA) is 65.6 Å². The summed E-state index contributed by atoms with van der Waals surface area (Å²) in [6.07, 6.45) is 2.19. The summed E-state index contributed by atoms with van der Waals surface area (Å²) in [6.45, 7) is 1.71. The Balaban J connectivity index is 0.00000144. The monoisotopic (exact) mass is 322 g/mol. The van der Waals surface area contributed by atoms with Crippen molar-refractivity contribution in [2.24, 2.45) is 0 Å². The fourth-order valence-electron chi connectivity index (χ4n) is 3.93. The smallest absolute Gasteiger partial charge is 0.327 e. The molecular weight excluding hydrogens is 304 g/mol. The number of hydrogen-bond donors (Lipinski definition) is 2. The van der Waals surface area contributed by atoms with Crippen molar-refractivity contribution < 1.29 is 14.6 Å². The number of piperidine rings is 1. The summed E-state index contributed by atoms with van der Waals surface area (Å²) < 4.78 is 5.32. The lowest BCUT2D eigenvalue weighted by Crippen LogP contribution is -2.44. The molecule has 2 aliphatic heterocycles. The van der Waals surface area contributed by atoms with Crippen LogP contribution in [0.2, 0.25) is 0 Å². The number of nitrogens with one attached hydrogen (secondary N) is 1. The quantitative estimate of drug-likeness (QED) is 0.892. The highest BCUT2D eigenvalue weighted by atomic mass is 35.5. The minimum absolute atomic E-state index is 0. The summed E-state index contributed by atoms with van der Waals surface area (Å²) in [7, 11) is 1.66. The molecule has 2 N–H and O–H groups in total. The van der Waals surface area contributed by atoms with Crippen molar-refractivity contribution in [3.05, 3.63) is 29.5 Å². The molecule has 1 aromatic heterocycles. The van der Waals surface area contributed by atoms with Gasteiger partial charge in [-0.3, -0.25) is 9.69 Å². The molecule has 0 saturated carbocycles. The van der Waals surface area contributed by atoms with Crippen LogP contribution in [-0.2, 0) is 4.79 Å². The lowest BCUT2D eigenvalue weighted by Gasteiger charge is -2.41. The maximum absolute atomic E-state index is 11.7. The van der Waals surface area contributed by atoms with E-state index < -0.39 is 12.0 Å². The summed E-state index contributed by atoms with van der Waals surface area (Å²) in [5.74, 6) is 0.467. The Bertz CT molecular complexity index is 727. The number of carbonyl (C=O) groups is 1. The third-order valence-electron chi connectivity index (χ3n) is 4.81. The molecule has 1 fully saturated rings. The molecule has 118 valence electrons. The number of carboxylic acid groups (broad SMARTS) is 1. The van der Waals surface area contributed by atoms with Crippen molar-refractivity contribution in [2.45, 2.75) is 24.8 Å². The normalized spacial score (nSPS) is 26.1. The highest BCUT2D eigenvalue weighted by Gasteiger charge is 2.41. The maximum atomic E-state index is 11.7. The van der Waals surface area contributed by atoms with Crippen molar-refractivity contribution in [1.82, 2.24) is 9.88 Å². The summed E-state index contributed by atoms with van der Waals surface area (Å²) >= 11 is 0. The predicted octanol–water partition coefficient (Wildman–Crippen LogP) is 2.92. The molecule has 2 bridgehead atoms. The number of hydrogen-bond acceptors (Lipinski definition) is 3. The van der Waals surface area contributed by atoms with Crippen molar-refractivity contribution >= 4 is 29.3 Å². The number of aromatic amines is 1. The van der Waals surface area contributed by atoms with Crippen LogP contribution in [0.1, 0.15) is 36.1 Å². The number of H-pyrrole nitrogens is 1. The summed E-state index contributed by atoms with van der Waals surface area (Å²) in [5, 5.41) is 10.7. The van der Waals surface area contributed by atoms with Crippen molar-refractivity contribution in [3.63, 3.8) is 0 Å². The van der Waals surface area contributed by atoms with Crippen LogP contribution in [0.5, 0.6) is 5.75 Å². The number of fused-ring (bicyclic) bond motifs is 6. The summed E-state index contributed by atoms with van der Waals surface area (Å²) in [4.78, 5) is 17.2. The summed E-state index contributed by atoms with van der Waals surface area (Å²) in [6, 6.07) is 5.36. The molecule has 1 saturated heterocycles. The molecule has 0 radical (unpaired) electrons. The molecule has 0 amide bonds. The van der Waals surface area contributed by atoms with Gasteiger partial charge in [-0.1, -0.05) is 0 Å². The van der Waals surface area contributed by atoms with Crippen LogP contribution in [0.25, 0.3) is 10.9 Å². The van der Waals surface area contributed by atoms with E-state index in [4.69, 9.17) is 4.74 Å². The van der Waals surface area contributed by atoms with E-state index in [1.807, 2.05) is 18.2 Å². The molecule has 5 nitrogen and oxygen atoms in total. The number of nitrogens with zero attached hydrogens (tertiary/aromatic N) is 1. The van der Waals surface area contributed by atoms with Crippen molar-refractivity contribution in [3.8, 4) is 5.75 Å². The zero-order valence-electron chi connectivity index (χ0n) is 12.3. The van der Waals surface area contributed by atoms with E-state index in [-0.39, 0.29) is 12.4 Å². The van der Waals surface area contributed by atoms with E-state index in [1.165, 1.54) is 5.56 Å². The van der Waals surface area contributed by atoms with Gasteiger partial charge in [-0.25, -0.2) is 0 Å². The number of aliphatic carboxylic acids is 1. The van der Waals surface area contributed by atoms with E-state index in [2.05, 4.69) is 9.88 Å². The number of aromatic nitrogens is 1. The van der Waals surface area contributed by atoms with Crippen molar-refractivity contribution in [2.75, 3.05) is 20.2 Å². The van der Waals surface area contributed by atoms with Crippen LogP contribution in [0, 0.1) is 0 Å². The fourth-order valence-corrected chi connectivity index (χ4v) is 3.93. The fraction of sp³-hybridized carbons (Fsp3) is 0.438. The first kappa shape index (κ1) is 15.2. The molecular formula is C16H19ClN2O3. The van der Waals surface area contributed by atoms with Gasteiger partial charge in [0.1, 0.15) is 11.8 Å². The Morgan fingerprint density at radius 3 is 3.00 bits per heavy atom. The van der Waals surface area contributed by atoms with Gasteiger partial charge in [0.15, 0.2) is 0 Å². The van der Waals surface area contributed by atoms with Crippen LogP contribution in [0.3, 0.4) is 0 Å². The van der Waals surface area contributed by atoms with Gasteiger partial charge in [0.25, 0.3) is 0 Å². The first-order valence-electron chi connectivity index (χ1n) is 7.35. The molecule has 22 heavy (non-hydrogen) atoms. The SMILES string of the molecule is COc1ccc2[nH]c3c(c2c1)C1CCCN(C1)C3C(=O)O.Cl. The third-order valence-corrected chi connectivity index (χ3v) is 4.81. The minimum atomic E-state index is -0.768. The van der Waals surface area contributed by atoms with E-state index in [0.29, 0.717) is 5.92 Å². The molecule has 0 spiro atoms. The highest BCUT2D eigenvalue weighted by Crippen LogP contribution is 2.45. The highest BCUT2D eigenvalue weighted by molar-refractivity contribution is 5.90. The van der Waals surface area contributed by atoms with E-state index in [1.54, 1.807) is 7.11 Å². The Labute approximate surface area is 134 Å². The molecule has 3 heterocycles. The predicted molar refractivity (Wildman–Crippen MR) is 86.0 cm³/mol. The second kappa shape index (κ2) is 5.48. The average Bonchev–Trinajstić information content (AvgIpc) is 2.85. The molecule has 6 heteroatoms. The molecule has 3 atom stereocenters. The second-order valence-corrected chi connectivity index (χ2v) is 5.94. The Morgan fingerprint density at radius 2 is 2.27 bits per heavy atom. The van der Waals surface area contributed by atoms with Crippen LogP contribution >= 0.6 is 12.4 Å². The van der Waals surface area contributed by atoms with E-state index >= 15 is 0 Å². The number of carboxylic acids is 1. The van der Waals surface area contributed by atoms with Gasteiger partial charge in [0.05, 0.1) is 7.11 Å². The van der Waals surface area contributed by atoms with Crippen LogP contribution in [0.4, 0.5) is 0 Å². The largest absolute Gasteiger partial charge is 0.497 e. The molecule has 0 aliphatic carbocycles. The molecule has 2 aliphatic rings. The molecule has 3 unspecified atom stereocenters. The zero-order valence-corrected chi connectivity index (χ0v) is 13.2. The second-order valence-electron chi connectivity index (χ2n) is 5.94. The lowest BCUT2D eigenvalue weighted by molar-refractivity contribution is -0.144. The molecule has 2 aromatic rings. The minimum Gasteiger partial charge on any atom is -0.497 e. The van der Waals surface area contributed by atoms with Crippen molar-refractivity contribution in [1.29, 1.82) is 0 Å². The van der Waals surface area contributed by atoms with Gasteiger partial charge >= 0.3 is 5.97 Å². The van der Waals surface area contributed by atoms with Gasteiger partial charge in [-0.2, -0.15) is 0 Å².